The van der Waals surface area contributed by atoms with Gasteiger partial charge in [0.1, 0.15) is 0 Å². The van der Waals surface area contributed by atoms with Crippen LogP contribution >= 0.6 is 0 Å². The van der Waals surface area contributed by atoms with E-state index in [1.807, 2.05) is 37.4 Å². The highest BCUT2D eigenvalue weighted by atomic mass is 16.5. The van der Waals surface area contributed by atoms with Gasteiger partial charge in [-0.2, -0.15) is 0 Å². The molecule has 0 radical (unpaired) electrons. The van der Waals surface area contributed by atoms with E-state index in [0.717, 1.165) is 18.7 Å². The van der Waals surface area contributed by atoms with Crippen molar-refractivity contribution in [2.24, 2.45) is 0 Å². The zero-order chi connectivity index (χ0) is 15.6. The number of esters is 1. The van der Waals surface area contributed by atoms with Crippen molar-refractivity contribution in [3.63, 3.8) is 0 Å². The number of hydrogen-bond acceptors (Lipinski definition) is 4. The fourth-order valence-electron chi connectivity index (χ4n) is 2.29. The Balaban J connectivity index is 1.98. The third-order valence-corrected chi connectivity index (χ3v) is 3.32. The van der Waals surface area contributed by atoms with Crippen molar-refractivity contribution >= 4 is 5.97 Å². The third kappa shape index (κ3) is 5.66. The normalized spacial score (nSPS) is 10.6. The lowest BCUT2D eigenvalue weighted by atomic mass is 10.2. The largest absolute Gasteiger partial charge is 0.466 e. The first kappa shape index (κ1) is 16.2. The second kappa shape index (κ2) is 8.95. The Morgan fingerprint density at radius 2 is 1.82 bits per heavy atom. The summed E-state index contributed by atoms with van der Waals surface area (Å²) in [5.41, 5.74) is 2.37. The number of carbonyl (C=O) groups is 1. The summed E-state index contributed by atoms with van der Waals surface area (Å²) in [5.74, 6) is -0.147. The molecule has 1 aromatic heterocycles. The molecule has 0 aliphatic rings. The Labute approximate surface area is 131 Å². The van der Waals surface area contributed by atoms with Gasteiger partial charge in [0.15, 0.2) is 0 Å². The molecule has 0 N–H and O–H groups in total. The molecule has 0 bridgehead atoms. The Morgan fingerprint density at radius 3 is 2.50 bits per heavy atom. The van der Waals surface area contributed by atoms with Gasteiger partial charge in [-0.25, -0.2) is 0 Å². The van der Waals surface area contributed by atoms with Gasteiger partial charge in [0.2, 0.25) is 0 Å². The maximum absolute atomic E-state index is 11.6. The summed E-state index contributed by atoms with van der Waals surface area (Å²) in [7, 11) is 0. The lowest BCUT2D eigenvalue weighted by Crippen LogP contribution is -2.26. The van der Waals surface area contributed by atoms with Gasteiger partial charge in [-0.05, 0) is 24.1 Å². The molecule has 0 aliphatic heterocycles. The summed E-state index contributed by atoms with van der Waals surface area (Å²) in [6.45, 7) is 4.50. The topological polar surface area (TPSA) is 42.4 Å². The highest BCUT2D eigenvalue weighted by Crippen LogP contribution is 2.10. The average molecular weight is 298 g/mol. The second-order valence-electron chi connectivity index (χ2n) is 5.11. The van der Waals surface area contributed by atoms with Crippen molar-refractivity contribution in [1.82, 2.24) is 9.88 Å². The fraction of sp³-hybridized carbons (Fsp3) is 0.333. The number of aromatic nitrogens is 1. The minimum absolute atomic E-state index is 0.147. The van der Waals surface area contributed by atoms with Crippen LogP contribution in [0.4, 0.5) is 0 Å². The van der Waals surface area contributed by atoms with Crippen LogP contribution in [0.5, 0.6) is 0 Å². The predicted molar refractivity (Wildman–Crippen MR) is 86.0 cm³/mol. The zero-order valence-electron chi connectivity index (χ0n) is 12.9. The molecular formula is C18H22N2O2. The second-order valence-corrected chi connectivity index (χ2v) is 5.11. The average Bonchev–Trinajstić information content (AvgIpc) is 2.55. The molecule has 0 amide bonds. The monoisotopic (exact) mass is 298 g/mol. The van der Waals surface area contributed by atoms with Crippen LogP contribution in [-0.4, -0.2) is 29.0 Å². The predicted octanol–water partition coefficient (Wildman–Crippen LogP) is 3.04. The van der Waals surface area contributed by atoms with E-state index < -0.39 is 0 Å². The van der Waals surface area contributed by atoms with E-state index in [4.69, 9.17) is 4.74 Å². The van der Waals surface area contributed by atoms with Crippen LogP contribution in [0, 0.1) is 0 Å². The summed E-state index contributed by atoms with van der Waals surface area (Å²) in [5, 5.41) is 0. The molecule has 1 heterocycles. The number of pyridine rings is 1. The number of carbonyl (C=O) groups excluding carboxylic acids is 1. The molecule has 0 unspecified atom stereocenters. The molecule has 1 aromatic carbocycles. The van der Waals surface area contributed by atoms with Crippen LogP contribution in [0.3, 0.4) is 0 Å². The van der Waals surface area contributed by atoms with Crippen molar-refractivity contribution < 1.29 is 9.53 Å². The minimum Gasteiger partial charge on any atom is -0.466 e. The van der Waals surface area contributed by atoms with E-state index in [2.05, 4.69) is 28.1 Å². The van der Waals surface area contributed by atoms with Crippen LogP contribution < -0.4 is 0 Å². The van der Waals surface area contributed by atoms with E-state index >= 15 is 0 Å². The van der Waals surface area contributed by atoms with Crippen molar-refractivity contribution in [1.29, 1.82) is 0 Å². The number of benzene rings is 1. The van der Waals surface area contributed by atoms with Gasteiger partial charge in [0, 0.05) is 32.0 Å². The summed E-state index contributed by atoms with van der Waals surface area (Å²) in [6.07, 6.45) is 4.03. The van der Waals surface area contributed by atoms with Gasteiger partial charge in [0.25, 0.3) is 0 Å². The van der Waals surface area contributed by atoms with Crippen LogP contribution in [0.15, 0.2) is 54.9 Å². The van der Waals surface area contributed by atoms with E-state index in [1.165, 1.54) is 5.56 Å². The quantitative estimate of drug-likeness (QED) is 0.703. The van der Waals surface area contributed by atoms with Gasteiger partial charge in [-0.1, -0.05) is 36.4 Å². The fourth-order valence-corrected chi connectivity index (χ4v) is 2.29. The van der Waals surface area contributed by atoms with Crippen LogP contribution in [0.2, 0.25) is 0 Å². The molecule has 116 valence electrons. The smallest absolute Gasteiger partial charge is 0.307 e. The van der Waals surface area contributed by atoms with Gasteiger partial charge >= 0.3 is 5.97 Å². The minimum atomic E-state index is -0.147. The highest BCUT2D eigenvalue weighted by Gasteiger charge is 2.10. The molecule has 4 nitrogen and oxygen atoms in total. The maximum atomic E-state index is 11.6. The Bertz CT molecular complexity index is 516. The molecule has 0 fully saturated rings. The Kier molecular flexibility index (Phi) is 6.58. The molecule has 22 heavy (non-hydrogen) atoms. The number of hydrogen-bond donors (Lipinski definition) is 0. The molecule has 0 atom stereocenters. The van der Waals surface area contributed by atoms with Gasteiger partial charge < -0.3 is 4.74 Å². The van der Waals surface area contributed by atoms with Gasteiger partial charge in [-0.15, -0.1) is 0 Å². The molecule has 0 saturated heterocycles. The van der Waals surface area contributed by atoms with Crippen molar-refractivity contribution in [2.75, 3.05) is 13.2 Å². The molecular weight excluding hydrogens is 276 g/mol. The van der Waals surface area contributed by atoms with Crippen molar-refractivity contribution in [2.45, 2.75) is 26.4 Å². The van der Waals surface area contributed by atoms with E-state index in [1.54, 1.807) is 6.20 Å². The SMILES string of the molecule is CCOC(=O)CCN(Cc1ccccc1)Cc1cccnc1. The van der Waals surface area contributed by atoms with E-state index in [9.17, 15) is 4.79 Å². The summed E-state index contributed by atoms with van der Waals surface area (Å²) < 4.78 is 5.01. The number of ether oxygens (including phenoxy) is 1. The van der Waals surface area contributed by atoms with E-state index in [0.29, 0.717) is 19.6 Å². The molecule has 0 saturated carbocycles. The van der Waals surface area contributed by atoms with Gasteiger partial charge in [0.05, 0.1) is 13.0 Å². The Morgan fingerprint density at radius 1 is 1.09 bits per heavy atom. The van der Waals surface area contributed by atoms with Gasteiger partial charge in [-0.3, -0.25) is 14.7 Å². The van der Waals surface area contributed by atoms with E-state index in [-0.39, 0.29) is 5.97 Å². The van der Waals surface area contributed by atoms with Crippen LogP contribution in [0.25, 0.3) is 0 Å². The standard InChI is InChI=1S/C18H22N2O2/c1-2-22-18(21)10-12-20(14-16-7-4-3-5-8-16)15-17-9-6-11-19-13-17/h3-9,11,13H,2,10,12,14-15H2,1H3. The number of nitrogens with zero attached hydrogens (tertiary/aromatic N) is 2. The number of rotatable bonds is 8. The summed E-state index contributed by atoms with van der Waals surface area (Å²) >= 11 is 0. The zero-order valence-corrected chi connectivity index (χ0v) is 12.9. The molecule has 0 aliphatic carbocycles. The summed E-state index contributed by atoms with van der Waals surface area (Å²) in [6, 6.07) is 14.2. The molecule has 0 spiro atoms. The first-order valence-electron chi connectivity index (χ1n) is 7.58. The highest BCUT2D eigenvalue weighted by molar-refractivity contribution is 5.69. The molecule has 2 rings (SSSR count). The summed E-state index contributed by atoms with van der Waals surface area (Å²) in [4.78, 5) is 18.0. The molecule has 2 aromatic rings. The lowest BCUT2D eigenvalue weighted by Gasteiger charge is -2.22. The van der Waals surface area contributed by atoms with Crippen molar-refractivity contribution in [3.8, 4) is 0 Å². The lowest BCUT2D eigenvalue weighted by molar-refractivity contribution is -0.143. The molecule has 4 heteroatoms. The third-order valence-electron chi connectivity index (χ3n) is 3.32. The first-order valence-corrected chi connectivity index (χ1v) is 7.58. The maximum Gasteiger partial charge on any atom is 0.307 e. The first-order chi connectivity index (χ1) is 10.8. The Hall–Kier alpha value is -2.20. The van der Waals surface area contributed by atoms with Crippen molar-refractivity contribution in [3.05, 3.63) is 66.0 Å². The van der Waals surface area contributed by atoms with Crippen LogP contribution in [0.1, 0.15) is 24.5 Å². The van der Waals surface area contributed by atoms with Crippen LogP contribution in [-0.2, 0) is 22.6 Å².